The van der Waals surface area contributed by atoms with E-state index in [0.717, 1.165) is 103 Å². The predicted octanol–water partition coefficient (Wildman–Crippen LogP) is 23.7. The van der Waals surface area contributed by atoms with E-state index in [0.29, 0.717) is 19.3 Å². The van der Waals surface area contributed by atoms with Crippen molar-refractivity contribution >= 4 is 17.9 Å². The van der Waals surface area contributed by atoms with Gasteiger partial charge in [0, 0.05) is 19.3 Å². The van der Waals surface area contributed by atoms with Crippen LogP contribution in [0.2, 0.25) is 0 Å². The minimum absolute atomic E-state index is 0.0727. The number of hydrogen-bond acceptors (Lipinski definition) is 6. The lowest BCUT2D eigenvalue weighted by atomic mass is 10.0. The van der Waals surface area contributed by atoms with Crippen molar-refractivity contribution < 1.29 is 28.6 Å². The molecule has 6 nitrogen and oxygen atoms in total. The highest BCUT2D eigenvalue weighted by Gasteiger charge is 2.19. The second kappa shape index (κ2) is 67.4. The van der Waals surface area contributed by atoms with Crippen LogP contribution in [-0.2, 0) is 28.6 Å². The van der Waals surface area contributed by atoms with Crippen molar-refractivity contribution in [1.82, 2.24) is 0 Å². The Bertz CT molecular complexity index is 1450. The Morgan fingerprint density at radius 1 is 0.266 bits per heavy atom. The fourth-order valence-electron chi connectivity index (χ4n) is 10.1. The summed E-state index contributed by atoms with van der Waals surface area (Å²) < 4.78 is 17.0. The van der Waals surface area contributed by atoms with Crippen molar-refractivity contribution in [1.29, 1.82) is 0 Å². The topological polar surface area (TPSA) is 78.9 Å². The number of hydrogen-bond donors (Lipinski definition) is 0. The zero-order chi connectivity index (χ0) is 57.1. The van der Waals surface area contributed by atoms with Crippen LogP contribution in [0.5, 0.6) is 0 Å². The zero-order valence-electron chi connectivity index (χ0n) is 52.6. The summed E-state index contributed by atoms with van der Waals surface area (Å²) in [7, 11) is 0. The number of carbonyl (C=O) groups is 3. The fraction of sp³-hybridized carbons (Fsp3) is 0.795. The predicted molar refractivity (Wildman–Crippen MR) is 344 cm³/mol. The molecule has 1 unspecified atom stereocenters. The molecule has 1 atom stereocenters. The first-order valence-corrected chi connectivity index (χ1v) is 34.4. The first-order chi connectivity index (χ1) is 39.0. The molecule has 0 rings (SSSR count). The number of allylic oxidation sites excluding steroid dienone is 12. The van der Waals surface area contributed by atoms with E-state index in [9.17, 15) is 14.4 Å². The normalized spacial score (nSPS) is 12.5. The maximum atomic E-state index is 12.9. The molecule has 0 aromatic rings. The first-order valence-electron chi connectivity index (χ1n) is 34.4. The molecule has 0 amide bonds. The molecule has 0 spiro atoms. The van der Waals surface area contributed by atoms with Gasteiger partial charge in [0.2, 0.25) is 0 Å². The molecule has 79 heavy (non-hydrogen) atoms. The van der Waals surface area contributed by atoms with Crippen molar-refractivity contribution in [3.8, 4) is 0 Å². The highest BCUT2D eigenvalue weighted by atomic mass is 16.6. The van der Waals surface area contributed by atoms with E-state index in [4.69, 9.17) is 14.2 Å². The summed E-state index contributed by atoms with van der Waals surface area (Å²) in [4.78, 5) is 38.3. The van der Waals surface area contributed by atoms with Gasteiger partial charge < -0.3 is 14.2 Å². The van der Waals surface area contributed by atoms with Gasteiger partial charge in [0.15, 0.2) is 6.10 Å². The minimum atomic E-state index is -0.776. The van der Waals surface area contributed by atoms with Gasteiger partial charge in [-0.2, -0.15) is 0 Å². The average Bonchev–Trinajstić information content (AvgIpc) is 3.45. The molecule has 6 heteroatoms. The summed E-state index contributed by atoms with van der Waals surface area (Å²) in [5.41, 5.74) is 0. The third kappa shape index (κ3) is 65.5. The van der Waals surface area contributed by atoms with Crippen LogP contribution in [0, 0.1) is 0 Å². The summed E-state index contributed by atoms with van der Waals surface area (Å²) >= 11 is 0. The Morgan fingerprint density at radius 2 is 0.494 bits per heavy atom. The van der Waals surface area contributed by atoms with E-state index >= 15 is 0 Å². The quantitative estimate of drug-likeness (QED) is 0.0261. The smallest absolute Gasteiger partial charge is 0.306 e. The van der Waals surface area contributed by atoms with Gasteiger partial charge in [0.25, 0.3) is 0 Å². The van der Waals surface area contributed by atoms with Gasteiger partial charge in [-0.15, -0.1) is 0 Å². The van der Waals surface area contributed by atoms with Gasteiger partial charge in [0.1, 0.15) is 13.2 Å². The third-order valence-electron chi connectivity index (χ3n) is 15.2. The van der Waals surface area contributed by atoms with Crippen LogP contribution in [-0.4, -0.2) is 37.2 Å². The van der Waals surface area contributed by atoms with Crippen LogP contribution in [0.15, 0.2) is 72.9 Å². The largest absolute Gasteiger partial charge is 0.462 e. The molecule has 0 fully saturated rings. The standard InChI is InChI=1S/C73H130O6/c1-4-7-10-13-16-19-22-24-26-28-30-32-34-35-36-37-39-40-42-44-46-48-51-54-57-60-63-66-72(75)78-69-70(68-77-71(74)65-62-59-56-53-50-21-18-15-12-9-6-3)79-73(76)67-64-61-58-55-52-49-47-45-43-41-38-33-31-29-27-25-23-20-17-14-11-8-5-2/h7,10,16,19,24,26,30,32,35-36,39-40,70H,4-6,8-9,11-15,17-18,20-23,25,27-29,31,33-34,37-38,41-69H2,1-3H3/b10-7-,19-16-,26-24-,32-30-,36-35-,40-39-. The molecule has 0 bridgehead atoms. The SMILES string of the molecule is CC/C=C\C/C=C\C/C=C\C/C=C\C/C=C\C/C=C\CCCCCCCCCCC(=O)OCC(COC(=O)CCCCCCCCCCCCC)OC(=O)CCCCCCCCCCCCCCCCCCCCCCCCC. The highest BCUT2D eigenvalue weighted by Crippen LogP contribution is 2.18. The summed E-state index contributed by atoms with van der Waals surface area (Å²) in [5.74, 6) is -0.861. The molecular formula is C73H130O6. The Morgan fingerprint density at radius 3 is 0.772 bits per heavy atom. The number of esters is 3. The minimum Gasteiger partial charge on any atom is -0.462 e. The number of ether oxygens (including phenoxy) is 3. The van der Waals surface area contributed by atoms with Crippen LogP contribution >= 0.6 is 0 Å². The maximum Gasteiger partial charge on any atom is 0.306 e. The summed E-state index contributed by atoms with van der Waals surface area (Å²) in [5, 5.41) is 0. The van der Waals surface area contributed by atoms with E-state index in [1.54, 1.807) is 0 Å². The molecule has 0 aromatic carbocycles. The van der Waals surface area contributed by atoms with Crippen LogP contribution in [0.1, 0.15) is 355 Å². The van der Waals surface area contributed by atoms with Gasteiger partial charge in [0.05, 0.1) is 0 Å². The molecule has 0 radical (unpaired) electrons. The van der Waals surface area contributed by atoms with Crippen molar-refractivity contribution in [3.05, 3.63) is 72.9 Å². The molecular weight excluding hydrogens is 973 g/mol. The molecule has 0 saturated carbocycles. The summed E-state index contributed by atoms with van der Waals surface area (Å²) in [6, 6.07) is 0. The molecule has 0 aliphatic rings. The zero-order valence-corrected chi connectivity index (χ0v) is 52.6. The van der Waals surface area contributed by atoms with Crippen LogP contribution in [0.4, 0.5) is 0 Å². The molecule has 458 valence electrons. The van der Waals surface area contributed by atoms with E-state index in [2.05, 4.69) is 93.7 Å². The molecule has 0 aromatic heterocycles. The molecule has 0 heterocycles. The molecule has 0 aliphatic heterocycles. The second-order valence-electron chi connectivity index (χ2n) is 23.1. The van der Waals surface area contributed by atoms with Gasteiger partial charge >= 0.3 is 17.9 Å². The lowest BCUT2D eigenvalue weighted by Gasteiger charge is -2.18. The Labute approximate surface area is 491 Å². The Balaban J connectivity index is 4.24. The highest BCUT2D eigenvalue weighted by molar-refractivity contribution is 5.71. The number of unbranched alkanes of at least 4 members (excludes halogenated alkanes) is 40. The lowest BCUT2D eigenvalue weighted by Crippen LogP contribution is -2.30. The summed E-state index contributed by atoms with van der Waals surface area (Å²) in [6.45, 7) is 6.57. The van der Waals surface area contributed by atoms with Crippen LogP contribution < -0.4 is 0 Å². The van der Waals surface area contributed by atoms with Gasteiger partial charge in [-0.1, -0.05) is 338 Å². The van der Waals surface area contributed by atoms with E-state index < -0.39 is 6.10 Å². The van der Waals surface area contributed by atoms with Crippen LogP contribution in [0.3, 0.4) is 0 Å². The number of carbonyl (C=O) groups excluding carboxylic acids is 3. The van der Waals surface area contributed by atoms with Crippen molar-refractivity contribution in [3.63, 3.8) is 0 Å². The van der Waals surface area contributed by atoms with E-state index in [1.807, 2.05) is 0 Å². The first kappa shape index (κ1) is 75.8. The van der Waals surface area contributed by atoms with E-state index in [-0.39, 0.29) is 31.1 Å². The Hall–Kier alpha value is -3.15. The lowest BCUT2D eigenvalue weighted by molar-refractivity contribution is -0.167. The Kier molecular flexibility index (Phi) is 64.7. The van der Waals surface area contributed by atoms with Crippen molar-refractivity contribution in [2.75, 3.05) is 13.2 Å². The molecule has 0 saturated heterocycles. The molecule has 0 N–H and O–H groups in total. The second-order valence-corrected chi connectivity index (χ2v) is 23.1. The van der Waals surface area contributed by atoms with Crippen molar-refractivity contribution in [2.45, 2.75) is 361 Å². The fourth-order valence-corrected chi connectivity index (χ4v) is 10.1. The van der Waals surface area contributed by atoms with Gasteiger partial charge in [-0.05, 0) is 70.6 Å². The number of rotatable bonds is 63. The van der Waals surface area contributed by atoms with E-state index in [1.165, 1.54) is 212 Å². The van der Waals surface area contributed by atoms with Gasteiger partial charge in [-0.25, -0.2) is 0 Å². The average molecular weight is 1100 g/mol. The third-order valence-corrected chi connectivity index (χ3v) is 15.2. The maximum absolute atomic E-state index is 12.9. The molecule has 0 aliphatic carbocycles. The van der Waals surface area contributed by atoms with Crippen molar-refractivity contribution in [2.24, 2.45) is 0 Å². The van der Waals surface area contributed by atoms with Gasteiger partial charge in [-0.3, -0.25) is 14.4 Å². The van der Waals surface area contributed by atoms with Crippen LogP contribution in [0.25, 0.3) is 0 Å². The summed E-state index contributed by atoms with van der Waals surface area (Å²) in [6.07, 6.45) is 87.8. The monoisotopic (exact) mass is 1100 g/mol.